The van der Waals surface area contributed by atoms with Crippen molar-refractivity contribution in [2.24, 2.45) is 0 Å². The molecule has 1 heterocycles. The number of nitrogens with zero attached hydrogens (tertiary/aromatic N) is 2. The molecule has 0 radical (unpaired) electrons. The number of aromatic nitrogens is 2. The predicted octanol–water partition coefficient (Wildman–Crippen LogP) is 4.82. The summed E-state index contributed by atoms with van der Waals surface area (Å²) >= 11 is 1.47. The summed E-state index contributed by atoms with van der Waals surface area (Å²) < 4.78 is 5.54. The molecule has 0 saturated carbocycles. The van der Waals surface area contributed by atoms with Crippen LogP contribution in [0.2, 0.25) is 0 Å². The van der Waals surface area contributed by atoms with Gasteiger partial charge in [0, 0.05) is 4.90 Å². The maximum Gasteiger partial charge on any atom is 0.322 e. The zero-order valence-corrected chi connectivity index (χ0v) is 16.5. The van der Waals surface area contributed by atoms with Gasteiger partial charge < -0.3 is 4.42 Å². The standard InChI is InChI=1S/C21H23N3O2S/c1-14(2)17-8-6-16(7-9-17)12-20-23-24-21(26-20)22-19(25)13-27-18-10-4-15(3)5-11-18/h4-11,14H,12-13H2,1-3H3,(H,22,24,25). The highest BCUT2D eigenvalue weighted by atomic mass is 32.2. The first-order chi connectivity index (χ1) is 13.0. The van der Waals surface area contributed by atoms with E-state index in [2.05, 4.69) is 53.6 Å². The van der Waals surface area contributed by atoms with E-state index in [0.29, 0.717) is 18.2 Å². The molecule has 27 heavy (non-hydrogen) atoms. The van der Waals surface area contributed by atoms with Crippen molar-refractivity contribution in [3.63, 3.8) is 0 Å². The highest BCUT2D eigenvalue weighted by Crippen LogP contribution is 2.19. The van der Waals surface area contributed by atoms with Crippen LogP contribution in [0, 0.1) is 6.92 Å². The maximum absolute atomic E-state index is 12.1. The number of anilines is 1. The molecular formula is C21H23N3O2S. The smallest absolute Gasteiger partial charge is 0.322 e. The van der Waals surface area contributed by atoms with E-state index in [-0.39, 0.29) is 17.7 Å². The van der Waals surface area contributed by atoms with E-state index < -0.39 is 0 Å². The van der Waals surface area contributed by atoms with E-state index >= 15 is 0 Å². The number of rotatable bonds is 7. The lowest BCUT2D eigenvalue weighted by atomic mass is 10.0. The zero-order valence-electron chi connectivity index (χ0n) is 15.7. The molecule has 140 valence electrons. The summed E-state index contributed by atoms with van der Waals surface area (Å²) in [6.45, 7) is 6.37. The van der Waals surface area contributed by atoms with Crippen LogP contribution in [0.1, 0.15) is 42.3 Å². The monoisotopic (exact) mass is 381 g/mol. The van der Waals surface area contributed by atoms with E-state index in [1.54, 1.807) is 0 Å². The topological polar surface area (TPSA) is 68.0 Å². The van der Waals surface area contributed by atoms with E-state index in [9.17, 15) is 4.79 Å². The minimum atomic E-state index is -0.169. The van der Waals surface area contributed by atoms with Crippen molar-refractivity contribution in [1.29, 1.82) is 0 Å². The molecule has 0 aliphatic heterocycles. The Balaban J connectivity index is 1.51. The fourth-order valence-corrected chi connectivity index (χ4v) is 3.21. The van der Waals surface area contributed by atoms with E-state index in [1.807, 2.05) is 31.2 Å². The van der Waals surface area contributed by atoms with Crippen LogP contribution in [-0.4, -0.2) is 21.9 Å². The number of carbonyl (C=O) groups excluding carboxylic acids is 1. The van der Waals surface area contributed by atoms with Gasteiger partial charge in [-0.2, -0.15) is 0 Å². The fourth-order valence-electron chi connectivity index (χ4n) is 2.51. The number of hydrogen-bond donors (Lipinski definition) is 1. The number of hydrogen-bond acceptors (Lipinski definition) is 5. The molecule has 3 aromatic rings. The second-order valence-electron chi connectivity index (χ2n) is 6.72. The Bertz CT molecular complexity index is 887. The minimum absolute atomic E-state index is 0.137. The van der Waals surface area contributed by atoms with Crippen molar-refractivity contribution < 1.29 is 9.21 Å². The van der Waals surface area contributed by atoms with Crippen molar-refractivity contribution in [3.8, 4) is 0 Å². The van der Waals surface area contributed by atoms with Gasteiger partial charge in [-0.3, -0.25) is 10.1 Å². The molecule has 5 nitrogen and oxygen atoms in total. The minimum Gasteiger partial charge on any atom is -0.407 e. The summed E-state index contributed by atoms with van der Waals surface area (Å²) in [6, 6.07) is 16.6. The normalized spacial score (nSPS) is 11.0. The molecule has 1 N–H and O–H groups in total. The highest BCUT2D eigenvalue weighted by molar-refractivity contribution is 8.00. The lowest BCUT2D eigenvalue weighted by Crippen LogP contribution is -2.14. The average Bonchev–Trinajstić information content (AvgIpc) is 3.08. The fraction of sp³-hybridized carbons (Fsp3) is 0.286. The van der Waals surface area contributed by atoms with Gasteiger partial charge in [0.15, 0.2) is 0 Å². The molecule has 0 saturated heterocycles. The molecule has 6 heteroatoms. The van der Waals surface area contributed by atoms with Crippen LogP contribution >= 0.6 is 11.8 Å². The molecule has 0 unspecified atom stereocenters. The molecule has 0 spiro atoms. The first-order valence-corrected chi connectivity index (χ1v) is 9.88. The predicted molar refractivity (Wildman–Crippen MR) is 108 cm³/mol. The maximum atomic E-state index is 12.1. The summed E-state index contributed by atoms with van der Waals surface area (Å²) in [7, 11) is 0. The number of benzene rings is 2. The van der Waals surface area contributed by atoms with E-state index in [0.717, 1.165) is 10.5 Å². The molecule has 0 atom stereocenters. The van der Waals surface area contributed by atoms with Gasteiger partial charge in [0.1, 0.15) is 0 Å². The van der Waals surface area contributed by atoms with Gasteiger partial charge in [-0.15, -0.1) is 16.9 Å². The van der Waals surface area contributed by atoms with Gasteiger partial charge >= 0.3 is 6.01 Å². The summed E-state index contributed by atoms with van der Waals surface area (Å²) in [5.41, 5.74) is 3.58. The first kappa shape index (κ1) is 19.2. The third-order valence-corrected chi connectivity index (χ3v) is 5.12. The van der Waals surface area contributed by atoms with Crippen LogP contribution in [0.3, 0.4) is 0 Å². The van der Waals surface area contributed by atoms with Crippen LogP contribution in [0.25, 0.3) is 0 Å². The van der Waals surface area contributed by atoms with Crippen LogP contribution in [0.15, 0.2) is 57.8 Å². The van der Waals surface area contributed by atoms with Gasteiger partial charge in [-0.1, -0.05) is 60.9 Å². The van der Waals surface area contributed by atoms with Crippen molar-refractivity contribution in [2.75, 3.05) is 11.1 Å². The summed E-state index contributed by atoms with van der Waals surface area (Å²) in [5, 5.41) is 10.6. The average molecular weight is 382 g/mol. The van der Waals surface area contributed by atoms with Gasteiger partial charge in [0.25, 0.3) is 0 Å². The summed E-state index contributed by atoms with van der Waals surface area (Å²) in [6.07, 6.45) is 0.541. The largest absolute Gasteiger partial charge is 0.407 e. The highest BCUT2D eigenvalue weighted by Gasteiger charge is 2.11. The Morgan fingerprint density at radius 1 is 1.07 bits per heavy atom. The molecule has 0 fully saturated rings. The van der Waals surface area contributed by atoms with Crippen LogP contribution in [0.5, 0.6) is 0 Å². The Hall–Kier alpha value is -2.60. The Kier molecular flexibility index (Phi) is 6.29. The van der Waals surface area contributed by atoms with E-state index in [1.165, 1.54) is 22.9 Å². The first-order valence-electron chi connectivity index (χ1n) is 8.90. The molecular weight excluding hydrogens is 358 g/mol. The lowest BCUT2D eigenvalue weighted by molar-refractivity contribution is -0.113. The van der Waals surface area contributed by atoms with Crippen molar-refractivity contribution in [3.05, 3.63) is 71.1 Å². The number of amides is 1. The lowest BCUT2D eigenvalue weighted by Gasteiger charge is -2.05. The Morgan fingerprint density at radius 3 is 2.44 bits per heavy atom. The third kappa shape index (κ3) is 5.69. The number of aryl methyl sites for hydroxylation is 1. The van der Waals surface area contributed by atoms with Gasteiger partial charge in [0.2, 0.25) is 11.8 Å². The molecule has 0 bridgehead atoms. The van der Waals surface area contributed by atoms with Crippen molar-refractivity contribution in [1.82, 2.24) is 10.2 Å². The molecule has 1 amide bonds. The SMILES string of the molecule is Cc1ccc(SCC(=O)Nc2nnc(Cc3ccc(C(C)C)cc3)o2)cc1. The third-order valence-electron chi connectivity index (χ3n) is 4.11. The zero-order chi connectivity index (χ0) is 19.2. The molecule has 2 aromatic carbocycles. The second-order valence-corrected chi connectivity index (χ2v) is 7.77. The summed E-state index contributed by atoms with van der Waals surface area (Å²) in [4.78, 5) is 13.1. The van der Waals surface area contributed by atoms with Gasteiger partial charge in [-0.25, -0.2) is 0 Å². The van der Waals surface area contributed by atoms with Gasteiger partial charge in [0.05, 0.1) is 12.2 Å². The van der Waals surface area contributed by atoms with Crippen LogP contribution in [-0.2, 0) is 11.2 Å². The van der Waals surface area contributed by atoms with Crippen LogP contribution < -0.4 is 5.32 Å². The van der Waals surface area contributed by atoms with Crippen molar-refractivity contribution >= 4 is 23.7 Å². The molecule has 0 aliphatic carbocycles. The van der Waals surface area contributed by atoms with Crippen molar-refractivity contribution in [2.45, 2.75) is 38.0 Å². The second kappa shape index (κ2) is 8.86. The van der Waals surface area contributed by atoms with E-state index in [4.69, 9.17) is 4.42 Å². The Labute approximate surface area is 163 Å². The molecule has 0 aliphatic rings. The van der Waals surface area contributed by atoms with Gasteiger partial charge in [-0.05, 0) is 36.1 Å². The quantitative estimate of drug-likeness (QED) is 0.594. The molecule has 3 rings (SSSR count). The molecule has 1 aromatic heterocycles. The number of thioether (sulfide) groups is 1. The number of nitrogens with one attached hydrogen (secondary N) is 1. The summed E-state index contributed by atoms with van der Waals surface area (Å²) in [5.74, 6) is 1.10. The van der Waals surface area contributed by atoms with Crippen LogP contribution in [0.4, 0.5) is 6.01 Å². The number of carbonyl (C=O) groups is 1. The Morgan fingerprint density at radius 2 is 1.78 bits per heavy atom.